The van der Waals surface area contributed by atoms with Gasteiger partial charge in [0.25, 0.3) is 0 Å². The van der Waals surface area contributed by atoms with E-state index in [-0.39, 0.29) is 5.82 Å². The maximum atomic E-state index is 13.4. The lowest BCUT2D eigenvalue weighted by molar-refractivity contribution is -1.16. The van der Waals surface area contributed by atoms with Gasteiger partial charge in [0.2, 0.25) is 6.17 Å². The minimum atomic E-state index is -0.161. The van der Waals surface area contributed by atoms with E-state index in [9.17, 15) is 4.39 Å². The third-order valence-corrected chi connectivity index (χ3v) is 6.43. The lowest BCUT2D eigenvalue weighted by atomic mass is 10.0. The Hall–Kier alpha value is -2.49. The quantitative estimate of drug-likeness (QED) is 0.624. The first-order valence-corrected chi connectivity index (χ1v) is 11.2. The Labute approximate surface area is 180 Å². The Kier molecular flexibility index (Phi) is 6.61. The number of quaternary nitrogens is 2. The molecular weight excluding hydrogens is 371 g/mol. The monoisotopic (exact) mass is 404 g/mol. The van der Waals surface area contributed by atoms with Crippen molar-refractivity contribution >= 4 is 0 Å². The van der Waals surface area contributed by atoms with E-state index in [0.717, 1.165) is 26.1 Å². The van der Waals surface area contributed by atoms with Gasteiger partial charge < -0.3 is 0 Å². The Morgan fingerprint density at radius 3 is 1.77 bits per heavy atom. The highest BCUT2D eigenvalue weighted by Crippen LogP contribution is 2.12. The summed E-state index contributed by atoms with van der Waals surface area (Å²) in [5.74, 6) is -0.161. The summed E-state index contributed by atoms with van der Waals surface area (Å²) in [7, 11) is 0. The van der Waals surface area contributed by atoms with E-state index in [1.54, 1.807) is 21.9 Å². The van der Waals surface area contributed by atoms with Crippen molar-refractivity contribution in [3.63, 3.8) is 0 Å². The van der Waals surface area contributed by atoms with Crippen molar-refractivity contribution < 1.29 is 14.2 Å². The second-order valence-electron chi connectivity index (χ2n) is 8.66. The Balaban J connectivity index is 1.62. The molecule has 1 aliphatic heterocycles. The van der Waals surface area contributed by atoms with Crippen LogP contribution in [0, 0.1) is 12.7 Å². The van der Waals surface area contributed by atoms with E-state index in [4.69, 9.17) is 0 Å². The molecule has 3 aromatic rings. The zero-order valence-corrected chi connectivity index (χ0v) is 18.1. The van der Waals surface area contributed by atoms with Gasteiger partial charge in [0, 0.05) is 17.5 Å². The topological polar surface area (TPSA) is 8.88 Å². The summed E-state index contributed by atoms with van der Waals surface area (Å²) in [5, 5.41) is 0. The average Bonchev–Trinajstić information content (AvgIpc) is 2.77. The predicted octanol–water partition coefficient (Wildman–Crippen LogP) is 3.27. The fourth-order valence-electron chi connectivity index (χ4n) is 4.75. The third-order valence-electron chi connectivity index (χ3n) is 6.43. The van der Waals surface area contributed by atoms with Gasteiger partial charge in [-0.2, -0.15) is 0 Å². The van der Waals surface area contributed by atoms with Crippen LogP contribution in [0.5, 0.6) is 0 Å². The number of hydrogen-bond donors (Lipinski definition) is 2. The minimum absolute atomic E-state index is 0.161. The van der Waals surface area contributed by atoms with E-state index in [2.05, 4.69) is 62.4 Å². The van der Waals surface area contributed by atoms with Crippen LogP contribution in [0.15, 0.2) is 72.8 Å². The molecule has 4 rings (SSSR count). The molecule has 30 heavy (non-hydrogen) atoms. The summed E-state index contributed by atoms with van der Waals surface area (Å²) >= 11 is 0. The largest absolute Gasteiger partial charge is 0.278 e. The highest BCUT2D eigenvalue weighted by atomic mass is 19.1. The van der Waals surface area contributed by atoms with E-state index in [1.807, 2.05) is 12.1 Å². The Morgan fingerprint density at radius 2 is 1.23 bits per heavy atom. The van der Waals surface area contributed by atoms with Crippen LogP contribution in [0.1, 0.15) is 47.3 Å². The van der Waals surface area contributed by atoms with Gasteiger partial charge in [-0.1, -0.05) is 61.0 Å². The van der Waals surface area contributed by atoms with Crippen molar-refractivity contribution in [2.45, 2.75) is 45.9 Å². The molecular formula is C27H33FN2+2. The van der Waals surface area contributed by atoms with Crippen LogP contribution in [-0.4, -0.2) is 13.1 Å². The zero-order chi connectivity index (χ0) is 20.9. The molecule has 3 aromatic carbocycles. The summed E-state index contributed by atoms with van der Waals surface area (Å²) in [4.78, 5) is 3.19. The molecule has 2 N–H and O–H groups in total. The van der Waals surface area contributed by atoms with Crippen molar-refractivity contribution in [3.8, 4) is 0 Å². The van der Waals surface area contributed by atoms with E-state index >= 15 is 0 Å². The number of benzene rings is 3. The number of halogens is 1. The summed E-state index contributed by atoms with van der Waals surface area (Å²) in [6, 6.07) is 25.2. The van der Waals surface area contributed by atoms with Crippen molar-refractivity contribution in [3.05, 3.63) is 106 Å². The first kappa shape index (κ1) is 20.8. The van der Waals surface area contributed by atoms with E-state index in [0.29, 0.717) is 6.17 Å². The zero-order valence-electron chi connectivity index (χ0n) is 18.1. The number of aryl methyl sites for hydroxylation is 2. The molecule has 0 saturated carbocycles. The molecule has 0 amide bonds. The van der Waals surface area contributed by atoms with Crippen molar-refractivity contribution in [2.75, 3.05) is 13.1 Å². The van der Waals surface area contributed by atoms with Crippen molar-refractivity contribution in [1.82, 2.24) is 0 Å². The normalized spacial score (nSPS) is 21.5. The van der Waals surface area contributed by atoms with Gasteiger partial charge in [-0.15, -0.1) is 0 Å². The molecule has 0 spiro atoms. The molecule has 3 unspecified atom stereocenters. The SMILES string of the molecule is CCc1ccc(C2[NH+](Cc3ccc(C)cc3)CCC[NH+]2Cc2ccc(F)cc2)cc1. The van der Waals surface area contributed by atoms with Crippen molar-refractivity contribution in [2.24, 2.45) is 0 Å². The fraction of sp³-hybridized carbons (Fsp3) is 0.333. The van der Waals surface area contributed by atoms with Gasteiger partial charge >= 0.3 is 0 Å². The molecule has 1 saturated heterocycles. The number of rotatable bonds is 6. The first-order valence-electron chi connectivity index (χ1n) is 11.2. The van der Waals surface area contributed by atoms with Crippen molar-refractivity contribution in [1.29, 1.82) is 0 Å². The van der Waals surface area contributed by atoms with Crippen LogP contribution >= 0.6 is 0 Å². The van der Waals surface area contributed by atoms with Crippen LogP contribution in [-0.2, 0) is 19.5 Å². The molecule has 1 aliphatic rings. The highest BCUT2D eigenvalue weighted by molar-refractivity contribution is 5.24. The van der Waals surface area contributed by atoms with Gasteiger partial charge in [-0.05, 0) is 43.2 Å². The Bertz CT molecular complexity index is 877. The van der Waals surface area contributed by atoms with Crippen LogP contribution in [0.25, 0.3) is 0 Å². The lowest BCUT2D eigenvalue weighted by Crippen LogP contribution is -3.32. The fourth-order valence-corrected chi connectivity index (χ4v) is 4.75. The second kappa shape index (κ2) is 9.55. The third kappa shape index (κ3) is 4.97. The average molecular weight is 405 g/mol. The van der Waals surface area contributed by atoms with Gasteiger partial charge in [-0.3, -0.25) is 9.80 Å². The molecule has 1 fully saturated rings. The maximum absolute atomic E-state index is 13.4. The first-order chi connectivity index (χ1) is 14.6. The molecule has 156 valence electrons. The number of nitrogens with one attached hydrogen (secondary N) is 2. The molecule has 0 aromatic heterocycles. The standard InChI is InChI=1S/C27H31FN2/c1-3-22-9-13-25(14-10-22)27-29(19-23-7-5-21(2)6-8-23)17-4-18-30(27)20-24-11-15-26(28)16-12-24/h5-16,27H,3-4,17-20H2,1-2H3/p+2. The van der Waals surface area contributed by atoms with Crippen LogP contribution in [0.3, 0.4) is 0 Å². The van der Waals surface area contributed by atoms with Crippen LogP contribution < -0.4 is 9.80 Å². The number of hydrogen-bond acceptors (Lipinski definition) is 0. The van der Waals surface area contributed by atoms with Gasteiger partial charge in [-0.25, -0.2) is 4.39 Å². The van der Waals surface area contributed by atoms with E-state index in [1.165, 1.54) is 40.8 Å². The molecule has 1 heterocycles. The minimum Gasteiger partial charge on any atom is -0.278 e. The molecule has 3 atom stereocenters. The molecule has 0 aliphatic carbocycles. The van der Waals surface area contributed by atoms with E-state index < -0.39 is 0 Å². The van der Waals surface area contributed by atoms with Gasteiger partial charge in [0.1, 0.15) is 18.9 Å². The van der Waals surface area contributed by atoms with Crippen LogP contribution in [0.4, 0.5) is 4.39 Å². The van der Waals surface area contributed by atoms with Gasteiger partial charge in [0.05, 0.1) is 18.7 Å². The lowest BCUT2D eigenvalue weighted by Gasteiger charge is -2.38. The summed E-state index contributed by atoms with van der Waals surface area (Å²) in [5.41, 5.74) is 6.70. The molecule has 2 nitrogen and oxygen atoms in total. The molecule has 0 bridgehead atoms. The summed E-state index contributed by atoms with van der Waals surface area (Å²) < 4.78 is 13.4. The second-order valence-corrected chi connectivity index (χ2v) is 8.66. The van der Waals surface area contributed by atoms with Crippen LogP contribution in [0.2, 0.25) is 0 Å². The van der Waals surface area contributed by atoms with Gasteiger partial charge in [0.15, 0.2) is 0 Å². The smallest absolute Gasteiger partial charge is 0.240 e. The maximum Gasteiger partial charge on any atom is 0.240 e. The summed E-state index contributed by atoms with van der Waals surface area (Å²) in [6.45, 7) is 8.64. The summed E-state index contributed by atoms with van der Waals surface area (Å²) in [6.07, 6.45) is 2.66. The molecule has 3 heteroatoms. The molecule has 0 radical (unpaired) electrons. The Morgan fingerprint density at radius 1 is 0.733 bits per heavy atom. The highest BCUT2D eigenvalue weighted by Gasteiger charge is 2.37. The predicted molar refractivity (Wildman–Crippen MR) is 120 cm³/mol.